The Morgan fingerprint density at radius 2 is 1.91 bits per heavy atom. The van der Waals surface area contributed by atoms with E-state index in [1.807, 2.05) is 36.9 Å². The van der Waals surface area contributed by atoms with Gasteiger partial charge in [-0.15, -0.1) is 0 Å². The summed E-state index contributed by atoms with van der Waals surface area (Å²) in [6.45, 7) is 5.73. The number of carbonyl (C=O) groups excluding carboxylic acids is 1. The Kier molecular flexibility index (Phi) is 7.95. The van der Waals surface area contributed by atoms with E-state index in [9.17, 15) is 4.79 Å². The lowest BCUT2D eigenvalue weighted by atomic mass is 10.0. The van der Waals surface area contributed by atoms with Crippen molar-refractivity contribution in [2.24, 2.45) is 0 Å². The van der Waals surface area contributed by atoms with E-state index in [0.717, 1.165) is 12.3 Å². The van der Waals surface area contributed by atoms with Crippen molar-refractivity contribution in [3.63, 3.8) is 0 Å². The van der Waals surface area contributed by atoms with Crippen molar-refractivity contribution in [3.05, 3.63) is 58.6 Å². The van der Waals surface area contributed by atoms with Gasteiger partial charge in [0.15, 0.2) is 5.11 Å². The van der Waals surface area contributed by atoms with Gasteiger partial charge in [-0.05, 0) is 81.2 Å². The monoisotopic (exact) mass is 510 g/mol. The Hall–Kier alpha value is -2.66. The number of nitrogens with one attached hydrogen (secondary N) is 1. The molecule has 1 amide bonds. The minimum Gasteiger partial charge on any atom is -0.494 e. The maximum atomic E-state index is 13.2. The van der Waals surface area contributed by atoms with Crippen LogP contribution in [0.1, 0.15) is 57.1 Å². The molecule has 0 radical (unpaired) electrons. The van der Waals surface area contributed by atoms with E-state index < -0.39 is 5.54 Å². The molecular formula is C27H31ClN4O2S. The number of benzene rings is 2. The summed E-state index contributed by atoms with van der Waals surface area (Å²) in [6, 6.07) is 15.8. The summed E-state index contributed by atoms with van der Waals surface area (Å²) in [4.78, 5) is 16.6. The minimum absolute atomic E-state index is 0.119. The van der Waals surface area contributed by atoms with Gasteiger partial charge in [0, 0.05) is 19.1 Å². The van der Waals surface area contributed by atoms with E-state index in [2.05, 4.69) is 17.4 Å². The molecule has 1 saturated carbocycles. The summed E-state index contributed by atoms with van der Waals surface area (Å²) in [5.41, 5.74) is 1.40. The lowest BCUT2D eigenvalue weighted by Crippen LogP contribution is -2.44. The molecule has 184 valence electrons. The van der Waals surface area contributed by atoms with Gasteiger partial charge < -0.3 is 15.0 Å². The topological polar surface area (TPSA) is 68.6 Å². The third-order valence-electron chi connectivity index (χ3n) is 6.82. The van der Waals surface area contributed by atoms with Gasteiger partial charge in [0.25, 0.3) is 5.91 Å². The van der Waals surface area contributed by atoms with Crippen LogP contribution < -0.4 is 15.0 Å². The number of thiocarbonyl (C=S) groups is 1. The van der Waals surface area contributed by atoms with Crippen molar-refractivity contribution in [1.82, 2.24) is 10.2 Å². The van der Waals surface area contributed by atoms with Crippen molar-refractivity contribution >= 4 is 40.5 Å². The van der Waals surface area contributed by atoms with Crippen LogP contribution in [0.15, 0.2) is 42.5 Å². The molecule has 0 spiro atoms. The van der Waals surface area contributed by atoms with Gasteiger partial charge >= 0.3 is 0 Å². The number of hydrogen-bond donors (Lipinski definition) is 1. The Morgan fingerprint density at radius 3 is 2.57 bits per heavy atom. The fourth-order valence-electron chi connectivity index (χ4n) is 4.68. The molecule has 1 saturated heterocycles. The highest BCUT2D eigenvalue weighted by molar-refractivity contribution is 7.80. The van der Waals surface area contributed by atoms with Crippen molar-refractivity contribution in [1.29, 1.82) is 5.26 Å². The lowest BCUT2D eigenvalue weighted by Gasteiger charge is -2.29. The molecule has 35 heavy (non-hydrogen) atoms. The van der Waals surface area contributed by atoms with Gasteiger partial charge in [-0.1, -0.05) is 36.6 Å². The minimum atomic E-state index is -0.786. The van der Waals surface area contributed by atoms with E-state index in [-0.39, 0.29) is 5.91 Å². The van der Waals surface area contributed by atoms with Gasteiger partial charge in [0.2, 0.25) is 0 Å². The first-order valence-corrected chi connectivity index (χ1v) is 12.9. The van der Waals surface area contributed by atoms with E-state index in [0.29, 0.717) is 47.0 Å². The fraction of sp³-hybridized carbons (Fsp3) is 0.444. The normalized spacial score (nSPS) is 17.8. The number of rotatable bonds is 9. The number of halogens is 1. The molecule has 0 atom stereocenters. The van der Waals surface area contributed by atoms with Gasteiger partial charge in [-0.3, -0.25) is 9.69 Å². The summed E-state index contributed by atoms with van der Waals surface area (Å²) < 4.78 is 5.94. The second kappa shape index (κ2) is 10.9. The van der Waals surface area contributed by atoms with Gasteiger partial charge in [-0.25, -0.2) is 0 Å². The van der Waals surface area contributed by atoms with Gasteiger partial charge in [0.1, 0.15) is 17.4 Å². The van der Waals surface area contributed by atoms with E-state index in [1.165, 1.54) is 36.1 Å². The molecule has 1 aliphatic carbocycles. The van der Waals surface area contributed by atoms with Crippen LogP contribution in [-0.2, 0) is 11.3 Å². The second-order valence-electron chi connectivity index (χ2n) is 9.62. The zero-order valence-corrected chi connectivity index (χ0v) is 21.8. The number of ether oxygens (including phenoxy) is 1. The first kappa shape index (κ1) is 25.4. The predicted molar refractivity (Wildman–Crippen MR) is 143 cm³/mol. The number of anilines is 1. The Morgan fingerprint density at radius 1 is 1.20 bits per heavy atom. The van der Waals surface area contributed by atoms with Crippen LogP contribution in [0, 0.1) is 11.3 Å². The molecule has 6 nitrogen and oxygen atoms in total. The number of nitriles is 1. The van der Waals surface area contributed by atoms with E-state index >= 15 is 0 Å². The van der Waals surface area contributed by atoms with Crippen molar-refractivity contribution < 1.29 is 9.53 Å². The molecule has 0 bridgehead atoms. The van der Waals surface area contributed by atoms with Crippen molar-refractivity contribution in [2.45, 2.75) is 64.1 Å². The smallest absolute Gasteiger partial charge is 0.258 e. The quantitative estimate of drug-likeness (QED) is 0.358. The average molecular weight is 511 g/mol. The van der Waals surface area contributed by atoms with Crippen LogP contribution in [0.3, 0.4) is 0 Å². The molecule has 1 heterocycles. The summed E-state index contributed by atoms with van der Waals surface area (Å²) in [5.74, 6) is 0.716. The Labute approximate surface area is 217 Å². The zero-order chi connectivity index (χ0) is 25.0. The predicted octanol–water partition coefficient (Wildman–Crippen LogP) is 5.43. The SMILES string of the molecule is CC1(C)C(=O)N(c2ccc(C#N)c(Cl)c2)C(=S)N1CCCOc1ccc(CNC2CCCC2)cc1. The first-order valence-electron chi connectivity index (χ1n) is 12.1. The van der Waals surface area contributed by atoms with Crippen LogP contribution in [0.25, 0.3) is 0 Å². The third kappa shape index (κ3) is 5.61. The second-order valence-corrected chi connectivity index (χ2v) is 10.4. The number of hydrogen-bond acceptors (Lipinski definition) is 5. The highest BCUT2D eigenvalue weighted by atomic mass is 35.5. The van der Waals surface area contributed by atoms with Gasteiger partial charge in [-0.2, -0.15) is 5.26 Å². The molecule has 2 aromatic carbocycles. The molecule has 0 unspecified atom stereocenters. The Balaban J connectivity index is 1.29. The molecule has 1 N–H and O–H groups in total. The first-order chi connectivity index (χ1) is 16.8. The summed E-state index contributed by atoms with van der Waals surface area (Å²) in [7, 11) is 0. The largest absolute Gasteiger partial charge is 0.494 e. The van der Waals surface area contributed by atoms with Crippen molar-refractivity contribution in [2.75, 3.05) is 18.1 Å². The number of carbonyl (C=O) groups is 1. The third-order valence-corrected chi connectivity index (χ3v) is 7.54. The highest BCUT2D eigenvalue weighted by Crippen LogP contribution is 2.34. The Bertz CT molecular complexity index is 1120. The highest BCUT2D eigenvalue weighted by Gasteiger charge is 2.49. The molecule has 4 rings (SSSR count). The summed E-state index contributed by atoms with van der Waals surface area (Å²) >= 11 is 11.9. The molecule has 0 aromatic heterocycles. The molecule has 2 aliphatic rings. The van der Waals surface area contributed by atoms with Crippen LogP contribution in [-0.4, -0.2) is 40.7 Å². The molecule has 1 aliphatic heterocycles. The molecule has 8 heteroatoms. The van der Waals surface area contributed by atoms with E-state index in [1.54, 1.807) is 18.2 Å². The van der Waals surface area contributed by atoms with Crippen LogP contribution in [0.4, 0.5) is 5.69 Å². The maximum Gasteiger partial charge on any atom is 0.258 e. The zero-order valence-electron chi connectivity index (χ0n) is 20.2. The van der Waals surface area contributed by atoms with E-state index in [4.69, 9.17) is 33.8 Å². The fourth-order valence-corrected chi connectivity index (χ4v) is 5.41. The number of amides is 1. The summed E-state index contributed by atoms with van der Waals surface area (Å²) in [6.07, 6.45) is 5.94. The molecule has 2 aromatic rings. The molecular weight excluding hydrogens is 480 g/mol. The van der Waals surface area contributed by atoms with Crippen LogP contribution >= 0.6 is 23.8 Å². The van der Waals surface area contributed by atoms with Crippen molar-refractivity contribution in [3.8, 4) is 11.8 Å². The van der Waals surface area contributed by atoms with Gasteiger partial charge in [0.05, 0.1) is 22.9 Å². The van der Waals surface area contributed by atoms with Crippen LogP contribution in [0.5, 0.6) is 5.75 Å². The van der Waals surface area contributed by atoms with Crippen LogP contribution in [0.2, 0.25) is 5.02 Å². The average Bonchev–Trinajstić information content (AvgIpc) is 3.42. The molecule has 2 fully saturated rings. The maximum absolute atomic E-state index is 13.2. The summed E-state index contributed by atoms with van der Waals surface area (Å²) in [5, 5.41) is 13.5. The number of nitrogens with zero attached hydrogens (tertiary/aromatic N) is 3. The lowest BCUT2D eigenvalue weighted by molar-refractivity contribution is -0.123. The standard InChI is InChI=1S/C27H31ClN4O2S/c1-27(2)25(33)32(22-11-10-20(17-29)24(28)16-22)26(35)31(27)14-5-15-34-23-12-8-19(9-13-23)18-30-21-6-3-4-7-21/h8-13,16,21,30H,3-7,14-15,18H2,1-2H3.